The number of aromatic nitrogens is 1. The highest BCUT2D eigenvalue weighted by atomic mass is 16.6. The van der Waals surface area contributed by atoms with Crippen LogP contribution in [0, 0.1) is 13.8 Å². The number of amides is 1. The third-order valence-corrected chi connectivity index (χ3v) is 5.79. The van der Waals surface area contributed by atoms with Crippen molar-refractivity contribution in [3.05, 3.63) is 95.2 Å². The molecule has 0 saturated carbocycles. The molecule has 0 radical (unpaired) electrons. The van der Waals surface area contributed by atoms with Gasteiger partial charge in [0.1, 0.15) is 18.1 Å². The van der Waals surface area contributed by atoms with Crippen molar-refractivity contribution in [2.45, 2.75) is 20.5 Å². The molecule has 1 amide bonds. The van der Waals surface area contributed by atoms with E-state index < -0.39 is 11.9 Å². The molecular weight excluding hydrogens is 502 g/mol. The predicted molar refractivity (Wildman–Crippen MR) is 144 cm³/mol. The second-order valence-corrected chi connectivity index (χ2v) is 8.44. The number of benzene rings is 2. The molecule has 0 aliphatic heterocycles. The standard InChI is InChI=1S/C29H29N3O7/c1-19-8-9-20(2)32(19)22-10-12-23(13-11-22)37-17-24-14-15-26(39-24)29(34)31-30-16-21-6-5-7-25(35-3)28(21)38-18-27(33)36-4/h5-16H,17-18H2,1-4H3,(H,31,34). The summed E-state index contributed by atoms with van der Waals surface area (Å²) in [4.78, 5) is 24.0. The number of para-hydroxylation sites is 1. The van der Waals surface area contributed by atoms with Crippen molar-refractivity contribution in [1.82, 2.24) is 9.99 Å². The number of hydrazone groups is 1. The molecule has 4 rings (SSSR count). The van der Waals surface area contributed by atoms with Crippen LogP contribution in [0.2, 0.25) is 0 Å². The largest absolute Gasteiger partial charge is 0.493 e. The first-order chi connectivity index (χ1) is 18.9. The van der Waals surface area contributed by atoms with Gasteiger partial charge in [0.05, 0.1) is 20.4 Å². The number of aryl methyl sites for hydroxylation is 2. The number of carbonyl (C=O) groups excluding carboxylic acids is 2. The monoisotopic (exact) mass is 531 g/mol. The highest BCUT2D eigenvalue weighted by Gasteiger charge is 2.14. The van der Waals surface area contributed by atoms with Crippen LogP contribution in [-0.2, 0) is 16.1 Å². The van der Waals surface area contributed by atoms with E-state index in [1.54, 1.807) is 30.3 Å². The SMILES string of the molecule is COC(=O)COc1c(C=NNC(=O)c2ccc(COc3ccc(-n4c(C)ccc4C)cc3)o2)cccc1OC. The minimum absolute atomic E-state index is 0.0764. The van der Waals surface area contributed by atoms with Gasteiger partial charge in [-0.15, -0.1) is 0 Å². The number of ether oxygens (including phenoxy) is 4. The Labute approximate surface area is 225 Å². The van der Waals surface area contributed by atoms with Crippen LogP contribution in [0.25, 0.3) is 5.69 Å². The zero-order valence-electron chi connectivity index (χ0n) is 22.1. The van der Waals surface area contributed by atoms with Crippen molar-refractivity contribution in [2.75, 3.05) is 20.8 Å². The number of hydrogen-bond donors (Lipinski definition) is 1. The Morgan fingerprint density at radius 1 is 0.949 bits per heavy atom. The first-order valence-corrected chi connectivity index (χ1v) is 12.1. The molecule has 0 unspecified atom stereocenters. The summed E-state index contributed by atoms with van der Waals surface area (Å²) in [5, 5.41) is 3.98. The Hall–Kier alpha value is -4.99. The van der Waals surface area contributed by atoms with Gasteiger partial charge in [0.25, 0.3) is 0 Å². The highest BCUT2D eigenvalue weighted by molar-refractivity contribution is 5.93. The molecule has 0 aliphatic carbocycles. The van der Waals surface area contributed by atoms with Gasteiger partial charge < -0.3 is 27.9 Å². The third kappa shape index (κ3) is 6.67. The van der Waals surface area contributed by atoms with Crippen molar-refractivity contribution < 1.29 is 33.0 Å². The lowest BCUT2D eigenvalue weighted by Crippen LogP contribution is -2.17. The zero-order chi connectivity index (χ0) is 27.8. The summed E-state index contributed by atoms with van der Waals surface area (Å²) in [5.41, 5.74) is 6.26. The summed E-state index contributed by atoms with van der Waals surface area (Å²) in [7, 11) is 2.74. The Morgan fingerprint density at radius 2 is 1.69 bits per heavy atom. The van der Waals surface area contributed by atoms with Crippen LogP contribution in [0.4, 0.5) is 0 Å². The molecule has 10 heteroatoms. The topological polar surface area (TPSA) is 114 Å². The molecule has 0 saturated heterocycles. The van der Waals surface area contributed by atoms with E-state index in [0.29, 0.717) is 22.8 Å². The number of hydrogen-bond acceptors (Lipinski definition) is 8. The molecule has 0 fully saturated rings. The maximum absolute atomic E-state index is 12.5. The fourth-order valence-electron chi connectivity index (χ4n) is 3.85. The molecule has 2 heterocycles. The Morgan fingerprint density at radius 3 is 2.38 bits per heavy atom. The molecule has 1 N–H and O–H groups in total. The van der Waals surface area contributed by atoms with Gasteiger partial charge in [-0.1, -0.05) is 6.07 Å². The summed E-state index contributed by atoms with van der Waals surface area (Å²) in [6.07, 6.45) is 1.38. The summed E-state index contributed by atoms with van der Waals surface area (Å²) in [5.74, 6) is 0.829. The van der Waals surface area contributed by atoms with Gasteiger partial charge in [-0.05, 0) is 74.5 Å². The van der Waals surface area contributed by atoms with E-state index in [4.69, 9.17) is 18.6 Å². The van der Waals surface area contributed by atoms with Crippen LogP contribution in [0.15, 0.2) is 76.2 Å². The van der Waals surface area contributed by atoms with Crippen LogP contribution in [0.1, 0.15) is 33.3 Å². The molecule has 4 aromatic rings. The fraction of sp³-hybridized carbons (Fsp3) is 0.207. The van der Waals surface area contributed by atoms with Gasteiger partial charge >= 0.3 is 11.9 Å². The second kappa shape index (κ2) is 12.5. The summed E-state index contributed by atoms with van der Waals surface area (Å²) < 4.78 is 29.0. The quantitative estimate of drug-likeness (QED) is 0.171. The van der Waals surface area contributed by atoms with Crippen LogP contribution in [-0.4, -0.2) is 43.5 Å². The number of carbonyl (C=O) groups is 2. The van der Waals surface area contributed by atoms with Gasteiger partial charge in [-0.2, -0.15) is 5.10 Å². The first-order valence-electron chi connectivity index (χ1n) is 12.1. The van der Waals surface area contributed by atoms with E-state index in [0.717, 1.165) is 17.1 Å². The van der Waals surface area contributed by atoms with Crippen molar-refractivity contribution in [3.63, 3.8) is 0 Å². The maximum atomic E-state index is 12.5. The number of rotatable bonds is 11. The van der Waals surface area contributed by atoms with Crippen molar-refractivity contribution in [1.29, 1.82) is 0 Å². The fourth-order valence-corrected chi connectivity index (χ4v) is 3.85. The van der Waals surface area contributed by atoms with Gasteiger partial charge in [0, 0.05) is 22.6 Å². The van der Waals surface area contributed by atoms with E-state index in [9.17, 15) is 9.59 Å². The lowest BCUT2D eigenvalue weighted by Gasteiger charge is -2.12. The Bertz CT molecular complexity index is 1450. The highest BCUT2D eigenvalue weighted by Crippen LogP contribution is 2.30. The molecule has 10 nitrogen and oxygen atoms in total. The molecule has 0 bridgehead atoms. The van der Waals surface area contributed by atoms with E-state index in [1.807, 2.05) is 24.3 Å². The summed E-state index contributed by atoms with van der Waals surface area (Å²) in [6, 6.07) is 20.2. The number of esters is 1. The lowest BCUT2D eigenvalue weighted by molar-refractivity contribution is -0.142. The van der Waals surface area contributed by atoms with Crippen molar-refractivity contribution >= 4 is 18.1 Å². The average molecular weight is 532 g/mol. The van der Waals surface area contributed by atoms with E-state index in [2.05, 4.69) is 45.8 Å². The molecular formula is C29H29N3O7. The maximum Gasteiger partial charge on any atom is 0.343 e. The molecule has 0 aliphatic rings. The second-order valence-electron chi connectivity index (χ2n) is 8.44. The number of nitrogens with one attached hydrogen (secondary N) is 1. The third-order valence-electron chi connectivity index (χ3n) is 5.79. The van der Waals surface area contributed by atoms with E-state index in [1.165, 1.54) is 20.4 Å². The van der Waals surface area contributed by atoms with Crippen molar-refractivity contribution in [3.8, 4) is 22.9 Å². The lowest BCUT2D eigenvalue weighted by atomic mass is 10.2. The zero-order valence-corrected chi connectivity index (χ0v) is 22.1. The molecule has 202 valence electrons. The number of nitrogens with zero attached hydrogens (tertiary/aromatic N) is 2. The van der Waals surface area contributed by atoms with Gasteiger partial charge in [0.2, 0.25) is 0 Å². The van der Waals surface area contributed by atoms with Gasteiger partial charge in [-0.3, -0.25) is 4.79 Å². The minimum atomic E-state index is -0.547. The number of methoxy groups -OCH3 is 2. The predicted octanol–water partition coefficient (Wildman–Crippen LogP) is 4.59. The Balaban J connectivity index is 1.33. The van der Waals surface area contributed by atoms with Crippen LogP contribution in [0.3, 0.4) is 0 Å². The molecule has 0 spiro atoms. The summed E-state index contributed by atoms with van der Waals surface area (Å²) >= 11 is 0. The molecule has 2 aromatic heterocycles. The first kappa shape index (κ1) is 27.1. The van der Waals surface area contributed by atoms with Crippen LogP contribution in [0.5, 0.6) is 17.2 Å². The smallest absolute Gasteiger partial charge is 0.343 e. The normalized spacial score (nSPS) is 10.9. The average Bonchev–Trinajstić information content (AvgIpc) is 3.57. The van der Waals surface area contributed by atoms with Crippen LogP contribution < -0.4 is 19.6 Å². The van der Waals surface area contributed by atoms with Crippen LogP contribution >= 0.6 is 0 Å². The molecule has 2 aromatic carbocycles. The van der Waals surface area contributed by atoms with Gasteiger partial charge in [-0.25, -0.2) is 10.2 Å². The van der Waals surface area contributed by atoms with E-state index in [-0.39, 0.29) is 24.7 Å². The Kier molecular flexibility index (Phi) is 8.67. The van der Waals surface area contributed by atoms with E-state index >= 15 is 0 Å². The molecule has 39 heavy (non-hydrogen) atoms. The molecule has 0 atom stereocenters. The van der Waals surface area contributed by atoms with Crippen molar-refractivity contribution in [2.24, 2.45) is 5.10 Å². The van der Waals surface area contributed by atoms with Gasteiger partial charge in [0.15, 0.2) is 23.9 Å². The summed E-state index contributed by atoms with van der Waals surface area (Å²) in [6.45, 7) is 3.97. The minimum Gasteiger partial charge on any atom is -0.493 e. The number of furan rings is 1.